The Labute approximate surface area is 55.1 Å². The van der Waals surface area contributed by atoms with E-state index in [2.05, 4.69) is 0 Å². The summed E-state index contributed by atoms with van der Waals surface area (Å²) in [6.45, 7) is 2.92. The highest BCUT2D eigenvalue weighted by molar-refractivity contribution is 5.21. The molecule has 0 atom stereocenters. The molecule has 0 aliphatic carbocycles. The van der Waals surface area contributed by atoms with E-state index < -0.39 is 0 Å². The maximum atomic E-state index is 8.99. The molecule has 1 aliphatic rings. The maximum absolute atomic E-state index is 8.99. The fourth-order valence-electron chi connectivity index (χ4n) is 1.00. The van der Waals surface area contributed by atoms with Crippen molar-refractivity contribution in [3.8, 4) is 0 Å². The van der Waals surface area contributed by atoms with E-state index in [4.69, 9.17) is 5.11 Å². The minimum atomic E-state index is 0.348. The number of rotatable bonds is 0. The first kappa shape index (κ1) is 6.20. The van der Waals surface area contributed by atoms with Gasteiger partial charge in [0.2, 0.25) is 0 Å². The second kappa shape index (κ2) is 2.13. The van der Waals surface area contributed by atoms with E-state index in [9.17, 15) is 0 Å². The molecule has 0 saturated carbocycles. The summed E-state index contributed by atoms with van der Waals surface area (Å²) in [5, 5.41) is 8.99. The highest BCUT2D eigenvalue weighted by atomic mass is 16.3. The molecule has 0 aromatic rings. The first-order valence-corrected chi connectivity index (χ1v) is 2.96. The summed E-state index contributed by atoms with van der Waals surface area (Å²) >= 11 is 0. The molecule has 1 N–H and O–H groups in total. The van der Waals surface area contributed by atoms with Crippen LogP contribution in [0, 0.1) is 0 Å². The normalized spacial score (nSPS) is 19.1. The smallest absolute Gasteiger partial charge is 0.131 e. The van der Waals surface area contributed by atoms with Gasteiger partial charge in [-0.2, -0.15) is 0 Å². The molecular formula is C7H11NO. The minimum absolute atomic E-state index is 0.348. The van der Waals surface area contributed by atoms with Gasteiger partial charge in [-0.15, -0.1) is 0 Å². The lowest BCUT2D eigenvalue weighted by atomic mass is 10.2. The topological polar surface area (TPSA) is 23.5 Å². The molecule has 0 amide bonds. The van der Waals surface area contributed by atoms with Gasteiger partial charge in [0.25, 0.3) is 0 Å². The largest absolute Gasteiger partial charge is 0.506 e. The van der Waals surface area contributed by atoms with Gasteiger partial charge in [0.15, 0.2) is 0 Å². The van der Waals surface area contributed by atoms with Crippen LogP contribution in [0.5, 0.6) is 0 Å². The van der Waals surface area contributed by atoms with Crippen LogP contribution >= 0.6 is 0 Å². The van der Waals surface area contributed by atoms with Crippen molar-refractivity contribution in [2.45, 2.75) is 6.92 Å². The van der Waals surface area contributed by atoms with Gasteiger partial charge in [-0.05, 0) is 13.0 Å². The third-order valence-electron chi connectivity index (χ3n) is 1.25. The van der Waals surface area contributed by atoms with Gasteiger partial charge in [0, 0.05) is 19.8 Å². The van der Waals surface area contributed by atoms with E-state index in [1.54, 1.807) is 12.3 Å². The van der Waals surface area contributed by atoms with Crippen molar-refractivity contribution in [2.75, 3.05) is 13.6 Å². The Morgan fingerprint density at radius 2 is 2.33 bits per heavy atom. The van der Waals surface area contributed by atoms with Gasteiger partial charge in [-0.1, -0.05) is 5.57 Å². The molecule has 0 unspecified atom stereocenters. The molecule has 50 valence electrons. The Morgan fingerprint density at radius 3 is 2.78 bits per heavy atom. The molecule has 2 heteroatoms. The monoisotopic (exact) mass is 125 g/mol. The predicted octanol–water partition coefficient (Wildman–Crippen LogP) is 1.28. The summed E-state index contributed by atoms with van der Waals surface area (Å²) in [5.74, 6) is 0.348. The Hall–Kier alpha value is -0.920. The molecule has 0 aromatic heterocycles. The molecule has 1 rings (SSSR count). The molecule has 1 heterocycles. The average molecular weight is 125 g/mol. The number of aliphatic hydroxyl groups is 1. The Balaban J connectivity index is 2.74. The highest BCUT2D eigenvalue weighted by Crippen LogP contribution is 2.08. The van der Waals surface area contributed by atoms with Crippen LogP contribution in [0.2, 0.25) is 0 Å². The summed E-state index contributed by atoms with van der Waals surface area (Å²) in [4.78, 5) is 1.95. The Kier molecular flexibility index (Phi) is 1.47. The lowest BCUT2D eigenvalue weighted by Crippen LogP contribution is -2.17. The van der Waals surface area contributed by atoms with Crippen LogP contribution < -0.4 is 0 Å². The van der Waals surface area contributed by atoms with Crippen molar-refractivity contribution in [1.82, 2.24) is 4.90 Å². The van der Waals surface area contributed by atoms with E-state index in [-0.39, 0.29) is 0 Å². The number of allylic oxidation sites excluding steroid dienone is 1. The Morgan fingerprint density at radius 1 is 1.67 bits per heavy atom. The Bertz CT molecular complexity index is 170. The minimum Gasteiger partial charge on any atom is -0.506 e. The van der Waals surface area contributed by atoms with Gasteiger partial charge in [-0.25, -0.2) is 0 Å². The molecule has 0 saturated heterocycles. The van der Waals surface area contributed by atoms with E-state index >= 15 is 0 Å². The molecular weight excluding hydrogens is 114 g/mol. The summed E-state index contributed by atoms with van der Waals surface area (Å²) in [6.07, 6.45) is 3.49. The third-order valence-corrected chi connectivity index (χ3v) is 1.25. The van der Waals surface area contributed by atoms with Crippen LogP contribution in [-0.4, -0.2) is 23.6 Å². The zero-order valence-electron chi connectivity index (χ0n) is 5.76. The first-order chi connectivity index (χ1) is 4.18. The summed E-state index contributed by atoms with van der Waals surface area (Å²) in [7, 11) is 1.94. The van der Waals surface area contributed by atoms with Crippen LogP contribution in [0.1, 0.15) is 6.92 Å². The summed E-state index contributed by atoms with van der Waals surface area (Å²) in [6, 6.07) is 0. The second-order valence-corrected chi connectivity index (χ2v) is 2.46. The van der Waals surface area contributed by atoms with Gasteiger partial charge in [0.05, 0.1) is 0 Å². The molecule has 9 heavy (non-hydrogen) atoms. The van der Waals surface area contributed by atoms with E-state index in [1.165, 1.54) is 5.57 Å². The molecule has 1 aliphatic heterocycles. The molecule has 0 radical (unpaired) electrons. The number of aliphatic hydroxyl groups excluding tert-OH is 1. The fraction of sp³-hybridized carbons (Fsp3) is 0.429. The number of hydrogen-bond donors (Lipinski definition) is 1. The summed E-state index contributed by atoms with van der Waals surface area (Å²) in [5.41, 5.74) is 1.19. The number of likely N-dealkylation sites (N-methyl/N-ethyl adjacent to an activating group) is 1. The van der Waals surface area contributed by atoms with Crippen molar-refractivity contribution >= 4 is 0 Å². The lowest BCUT2D eigenvalue weighted by molar-refractivity contribution is 0.384. The zero-order chi connectivity index (χ0) is 6.85. The van der Waals surface area contributed by atoms with Crippen LogP contribution in [0.15, 0.2) is 23.6 Å². The molecule has 0 spiro atoms. The van der Waals surface area contributed by atoms with Crippen molar-refractivity contribution in [1.29, 1.82) is 0 Å². The van der Waals surface area contributed by atoms with Crippen LogP contribution in [0.4, 0.5) is 0 Å². The van der Waals surface area contributed by atoms with Crippen LogP contribution in [-0.2, 0) is 0 Å². The molecule has 2 nitrogen and oxygen atoms in total. The van der Waals surface area contributed by atoms with Crippen molar-refractivity contribution in [2.24, 2.45) is 0 Å². The van der Waals surface area contributed by atoms with Gasteiger partial charge < -0.3 is 10.0 Å². The van der Waals surface area contributed by atoms with E-state index in [0.29, 0.717) is 5.76 Å². The summed E-state index contributed by atoms with van der Waals surface area (Å²) < 4.78 is 0. The van der Waals surface area contributed by atoms with Crippen LogP contribution in [0.3, 0.4) is 0 Å². The average Bonchev–Trinajstić information content (AvgIpc) is 1.59. The predicted molar refractivity (Wildman–Crippen MR) is 37.1 cm³/mol. The maximum Gasteiger partial charge on any atom is 0.131 e. The standard InChI is InChI=1S/C7H11NO/c1-6-3-7(9)5-8(2)4-6/h3,5,9H,4H2,1-2H3. The SMILES string of the molecule is CC1=CC(O)=CN(C)C1. The number of nitrogens with zero attached hydrogens (tertiary/aromatic N) is 1. The van der Waals surface area contributed by atoms with Crippen molar-refractivity contribution in [3.63, 3.8) is 0 Å². The van der Waals surface area contributed by atoms with E-state index in [0.717, 1.165) is 6.54 Å². The quantitative estimate of drug-likeness (QED) is 0.527. The molecule has 0 aromatic carbocycles. The van der Waals surface area contributed by atoms with Crippen molar-refractivity contribution in [3.05, 3.63) is 23.6 Å². The zero-order valence-corrected chi connectivity index (χ0v) is 5.76. The van der Waals surface area contributed by atoms with Crippen molar-refractivity contribution < 1.29 is 5.11 Å². The third kappa shape index (κ3) is 1.49. The molecule has 0 bridgehead atoms. The van der Waals surface area contributed by atoms with Gasteiger partial charge in [0.1, 0.15) is 5.76 Å². The highest BCUT2D eigenvalue weighted by Gasteiger charge is 2.02. The van der Waals surface area contributed by atoms with Gasteiger partial charge >= 0.3 is 0 Å². The van der Waals surface area contributed by atoms with E-state index in [1.807, 2.05) is 18.9 Å². The number of hydrogen-bond acceptors (Lipinski definition) is 2. The van der Waals surface area contributed by atoms with Gasteiger partial charge in [-0.3, -0.25) is 0 Å². The van der Waals surface area contributed by atoms with Crippen LogP contribution in [0.25, 0.3) is 0 Å². The second-order valence-electron chi connectivity index (χ2n) is 2.46. The lowest BCUT2D eigenvalue weighted by Gasteiger charge is -2.18. The fourth-order valence-corrected chi connectivity index (χ4v) is 1.00. The first-order valence-electron chi connectivity index (χ1n) is 2.96. The molecule has 0 fully saturated rings.